The fraction of sp³-hybridized carbons (Fsp3) is 0.273. The van der Waals surface area contributed by atoms with Crippen LogP contribution < -0.4 is 5.32 Å². The third-order valence-electron chi connectivity index (χ3n) is 2.56. The molecular weight excluding hydrogens is 234 g/mol. The van der Waals surface area contributed by atoms with Crippen molar-refractivity contribution in [2.45, 2.75) is 13.5 Å². The molecule has 0 atom stereocenters. The molecule has 94 valence electrons. The van der Waals surface area contributed by atoms with Crippen molar-refractivity contribution in [3.63, 3.8) is 0 Å². The third kappa shape index (κ3) is 2.82. The van der Waals surface area contributed by atoms with Crippen LogP contribution in [0, 0.1) is 17.0 Å². The number of nitro benzene ring substituents is 1. The minimum atomic E-state index is -0.401. The van der Waals surface area contributed by atoms with E-state index in [1.165, 1.54) is 12.1 Å². The highest BCUT2D eigenvalue weighted by atomic mass is 16.6. The molecular formula is C11H13N5O2. The molecule has 1 aromatic heterocycles. The van der Waals surface area contributed by atoms with Gasteiger partial charge in [-0.15, -0.1) is 5.10 Å². The normalized spacial score (nSPS) is 10.3. The van der Waals surface area contributed by atoms with E-state index in [0.29, 0.717) is 13.1 Å². The van der Waals surface area contributed by atoms with E-state index in [1.54, 1.807) is 23.1 Å². The Morgan fingerprint density at radius 3 is 3.00 bits per heavy atom. The molecule has 0 aliphatic rings. The van der Waals surface area contributed by atoms with E-state index in [0.717, 1.165) is 11.3 Å². The molecule has 7 nitrogen and oxygen atoms in total. The highest BCUT2D eigenvalue weighted by molar-refractivity contribution is 5.56. The van der Waals surface area contributed by atoms with E-state index in [4.69, 9.17) is 0 Å². The topological polar surface area (TPSA) is 85.9 Å². The van der Waals surface area contributed by atoms with Crippen LogP contribution in [0.15, 0.2) is 30.6 Å². The number of aryl methyl sites for hydroxylation is 1. The zero-order chi connectivity index (χ0) is 13.0. The lowest BCUT2D eigenvalue weighted by atomic mass is 10.2. The average molecular weight is 247 g/mol. The molecule has 0 amide bonds. The monoisotopic (exact) mass is 247 g/mol. The van der Waals surface area contributed by atoms with Crippen LogP contribution >= 0.6 is 0 Å². The maximum atomic E-state index is 10.7. The lowest BCUT2D eigenvalue weighted by Crippen LogP contribution is -2.11. The number of benzene rings is 1. The van der Waals surface area contributed by atoms with Crippen molar-refractivity contribution in [1.82, 2.24) is 15.0 Å². The van der Waals surface area contributed by atoms with Crippen molar-refractivity contribution in [3.05, 3.63) is 46.3 Å². The molecule has 18 heavy (non-hydrogen) atoms. The molecule has 0 saturated carbocycles. The molecule has 0 unspecified atom stereocenters. The van der Waals surface area contributed by atoms with Crippen molar-refractivity contribution >= 4 is 11.4 Å². The molecule has 2 rings (SSSR count). The minimum Gasteiger partial charge on any atom is -0.383 e. The van der Waals surface area contributed by atoms with Gasteiger partial charge in [0.25, 0.3) is 5.69 Å². The van der Waals surface area contributed by atoms with Gasteiger partial charge in [-0.3, -0.25) is 14.8 Å². The molecule has 1 heterocycles. The van der Waals surface area contributed by atoms with Gasteiger partial charge in [0.1, 0.15) is 0 Å². The predicted molar refractivity (Wildman–Crippen MR) is 66.3 cm³/mol. The van der Waals surface area contributed by atoms with Crippen LogP contribution in [0.2, 0.25) is 0 Å². The van der Waals surface area contributed by atoms with Crippen molar-refractivity contribution in [3.8, 4) is 0 Å². The Morgan fingerprint density at radius 2 is 2.33 bits per heavy atom. The number of aromatic nitrogens is 3. The van der Waals surface area contributed by atoms with Gasteiger partial charge in [0.05, 0.1) is 17.7 Å². The van der Waals surface area contributed by atoms with Crippen molar-refractivity contribution in [2.24, 2.45) is 0 Å². The van der Waals surface area contributed by atoms with Crippen LogP contribution in [-0.2, 0) is 6.54 Å². The Balaban J connectivity index is 2.00. The smallest absolute Gasteiger partial charge is 0.271 e. The van der Waals surface area contributed by atoms with Gasteiger partial charge < -0.3 is 5.32 Å². The number of hydrogen-bond acceptors (Lipinski definition) is 5. The molecule has 0 radical (unpaired) electrons. The summed E-state index contributed by atoms with van der Waals surface area (Å²) in [5.41, 5.74) is 1.83. The van der Waals surface area contributed by atoms with Crippen molar-refractivity contribution < 1.29 is 4.92 Å². The molecule has 0 bridgehead atoms. The molecule has 1 N–H and O–H groups in total. The summed E-state index contributed by atoms with van der Waals surface area (Å²) in [5.74, 6) is 0. The molecule has 2 aromatic rings. The molecule has 0 saturated heterocycles. The summed E-state index contributed by atoms with van der Waals surface area (Å²) in [7, 11) is 0. The number of anilines is 1. The first-order chi connectivity index (χ1) is 8.66. The Hall–Kier alpha value is -2.44. The van der Waals surface area contributed by atoms with Gasteiger partial charge in [-0.05, 0) is 12.5 Å². The summed E-state index contributed by atoms with van der Waals surface area (Å²) in [6.07, 6.45) is 3.38. The lowest BCUT2D eigenvalue weighted by Gasteiger charge is -2.09. The second kappa shape index (κ2) is 5.26. The number of non-ortho nitro benzene ring substituents is 1. The fourth-order valence-electron chi connectivity index (χ4n) is 1.57. The number of rotatable bonds is 5. The number of nitrogens with one attached hydrogen (secondary N) is 1. The average Bonchev–Trinajstić information content (AvgIpc) is 2.84. The van der Waals surface area contributed by atoms with E-state index in [9.17, 15) is 10.1 Å². The number of nitro groups is 1. The van der Waals surface area contributed by atoms with Crippen molar-refractivity contribution in [1.29, 1.82) is 0 Å². The zero-order valence-corrected chi connectivity index (χ0v) is 9.91. The van der Waals surface area contributed by atoms with E-state index in [1.807, 2.05) is 6.92 Å². The second-order valence-electron chi connectivity index (χ2n) is 3.85. The Labute approximate surface area is 104 Å². The van der Waals surface area contributed by atoms with E-state index >= 15 is 0 Å². The van der Waals surface area contributed by atoms with E-state index < -0.39 is 4.92 Å². The quantitative estimate of drug-likeness (QED) is 0.640. The van der Waals surface area contributed by atoms with Gasteiger partial charge in [-0.25, -0.2) is 0 Å². The molecule has 0 spiro atoms. The van der Waals surface area contributed by atoms with Gasteiger partial charge in [0.2, 0.25) is 0 Å². The first-order valence-electron chi connectivity index (χ1n) is 5.50. The lowest BCUT2D eigenvalue weighted by molar-refractivity contribution is -0.384. The maximum absolute atomic E-state index is 10.7. The standard InChI is InChI=1S/C11H13N5O2/c1-9-2-3-10(16(17)18)8-11(9)12-4-6-15-7-5-13-14-15/h2-3,5,7-8,12H,4,6H2,1H3. The highest BCUT2D eigenvalue weighted by Gasteiger charge is 2.07. The largest absolute Gasteiger partial charge is 0.383 e. The number of nitrogens with zero attached hydrogens (tertiary/aromatic N) is 4. The Bertz CT molecular complexity index is 538. The predicted octanol–water partition coefficient (Wildman–Crippen LogP) is 1.61. The van der Waals surface area contributed by atoms with E-state index in [-0.39, 0.29) is 5.69 Å². The zero-order valence-electron chi connectivity index (χ0n) is 9.91. The third-order valence-corrected chi connectivity index (χ3v) is 2.56. The summed E-state index contributed by atoms with van der Waals surface area (Å²) in [4.78, 5) is 10.3. The first kappa shape index (κ1) is 12.0. The fourth-order valence-corrected chi connectivity index (χ4v) is 1.57. The summed E-state index contributed by atoms with van der Waals surface area (Å²) >= 11 is 0. The molecule has 7 heteroatoms. The molecule has 0 aliphatic heterocycles. The van der Waals surface area contributed by atoms with E-state index in [2.05, 4.69) is 15.6 Å². The maximum Gasteiger partial charge on any atom is 0.271 e. The van der Waals surface area contributed by atoms with Crippen LogP contribution in [-0.4, -0.2) is 26.5 Å². The number of hydrogen-bond donors (Lipinski definition) is 1. The Morgan fingerprint density at radius 1 is 1.50 bits per heavy atom. The molecule has 0 aliphatic carbocycles. The van der Waals surface area contributed by atoms with Crippen LogP contribution in [0.1, 0.15) is 5.56 Å². The minimum absolute atomic E-state index is 0.0869. The van der Waals surface area contributed by atoms with Gasteiger partial charge in [-0.2, -0.15) is 0 Å². The van der Waals surface area contributed by atoms with Crippen molar-refractivity contribution in [2.75, 3.05) is 11.9 Å². The van der Waals surface area contributed by atoms with Crippen LogP contribution in [0.25, 0.3) is 0 Å². The van der Waals surface area contributed by atoms with Gasteiger partial charge in [0.15, 0.2) is 0 Å². The van der Waals surface area contributed by atoms with Crippen LogP contribution in [0.5, 0.6) is 0 Å². The first-order valence-corrected chi connectivity index (χ1v) is 5.50. The summed E-state index contributed by atoms with van der Waals surface area (Å²) in [6, 6.07) is 4.77. The van der Waals surface area contributed by atoms with Gasteiger partial charge in [-0.1, -0.05) is 11.3 Å². The summed E-state index contributed by atoms with van der Waals surface area (Å²) in [6.45, 7) is 3.19. The van der Waals surface area contributed by atoms with Gasteiger partial charge >= 0.3 is 0 Å². The van der Waals surface area contributed by atoms with Gasteiger partial charge in [0, 0.05) is 30.6 Å². The second-order valence-corrected chi connectivity index (χ2v) is 3.85. The van der Waals surface area contributed by atoms with Crippen LogP contribution in [0.4, 0.5) is 11.4 Å². The summed E-state index contributed by atoms with van der Waals surface area (Å²) in [5, 5.41) is 21.4. The SMILES string of the molecule is Cc1ccc([N+](=O)[O-])cc1NCCn1ccnn1. The summed E-state index contributed by atoms with van der Waals surface area (Å²) < 4.78 is 1.69. The molecule has 1 aromatic carbocycles. The Kier molecular flexibility index (Phi) is 3.52. The molecule has 0 fully saturated rings. The highest BCUT2D eigenvalue weighted by Crippen LogP contribution is 2.21. The van der Waals surface area contributed by atoms with Crippen LogP contribution in [0.3, 0.4) is 0 Å².